The predicted molar refractivity (Wildman–Crippen MR) is 76.1 cm³/mol. The third-order valence-corrected chi connectivity index (χ3v) is 5.12. The van der Waals surface area contributed by atoms with Gasteiger partial charge in [0.2, 0.25) is 10.0 Å². The molecule has 0 aromatic carbocycles. The van der Waals surface area contributed by atoms with Crippen LogP contribution >= 0.6 is 0 Å². The van der Waals surface area contributed by atoms with Gasteiger partial charge in [0.1, 0.15) is 0 Å². The minimum absolute atomic E-state index is 0.247. The van der Waals surface area contributed by atoms with E-state index in [1.165, 1.54) is 0 Å². The monoisotopic (exact) mass is 276 g/mol. The smallest absolute Gasteiger partial charge is 0.212 e. The van der Waals surface area contributed by atoms with Crippen LogP contribution in [0.15, 0.2) is 0 Å². The first-order valence-corrected chi connectivity index (χ1v) is 8.75. The van der Waals surface area contributed by atoms with Gasteiger partial charge in [-0.15, -0.1) is 0 Å². The summed E-state index contributed by atoms with van der Waals surface area (Å²) < 4.78 is 26.7. The zero-order valence-electron chi connectivity index (χ0n) is 12.0. The van der Waals surface area contributed by atoms with Crippen molar-refractivity contribution in [2.24, 2.45) is 5.92 Å². The van der Waals surface area contributed by atoms with Crippen molar-refractivity contribution in [3.8, 4) is 0 Å². The lowest BCUT2D eigenvalue weighted by molar-refractivity contribution is 0.400. The van der Waals surface area contributed by atoms with Crippen molar-refractivity contribution in [1.82, 2.24) is 10.0 Å². The minimum Gasteiger partial charge on any atom is -0.317 e. The molecule has 0 heterocycles. The van der Waals surface area contributed by atoms with Crippen LogP contribution in [0.2, 0.25) is 0 Å². The Morgan fingerprint density at radius 2 is 1.83 bits per heavy atom. The topological polar surface area (TPSA) is 58.2 Å². The molecule has 5 heteroatoms. The second kappa shape index (κ2) is 6.87. The van der Waals surface area contributed by atoms with Crippen LogP contribution in [0.3, 0.4) is 0 Å². The highest BCUT2D eigenvalue weighted by Gasteiger charge is 2.40. The van der Waals surface area contributed by atoms with Gasteiger partial charge < -0.3 is 5.32 Å². The lowest BCUT2D eigenvalue weighted by Crippen LogP contribution is -2.46. The summed E-state index contributed by atoms with van der Waals surface area (Å²) >= 11 is 0. The predicted octanol–water partition coefficient (Wildman–Crippen LogP) is 1.87. The molecule has 0 amide bonds. The van der Waals surface area contributed by atoms with Crippen LogP contribution in [0.4, 0.5) is 0 Å². The van der Waals surface area contributed by atoms with E-state index in [4.69, 9.17) is 0 Å². The maximum atomic E-state index is 11.9. The number of hydrogen-bond acceptors (Lipinski definition) is 3. The number of sulfonamides is 1. The van der Waals surface area contributed by atoms with E-state index >= 15 is 0 Å². The van der Waals surface area contributed by atoms with E-state index in [9.17, 15) is 8.42 Å². The van der Waals surface area contributed by atoms with E-state index in [1.807, 2.05) is 13.8 Å². The molecule has 0 bridgehead atoms. The minimum atomic E-state index is -3.11. The van der Waals surface area contributed by atoms with Crippen LogP contribution in [0.5, 0.6) is 0 Å². The first kappa shape index (κ1) is 15.9. The second-order valence-corrected chi connectivity index (χ2v) is 7.72. The molecule has 2 N–H and O–H groups in total. The lowest BCUT2D eigenvalue weighted by atomic mass is 10.0. The van der Waals surface area contributed by atoms with E-state index in [0.29, 0.717) is 5.92 Å². The SMILES string of the molecule is CCCNCCCCS(=O)(=O)NC(C)(C)C1CC1. The van der Waals surface area contributed by atoms with Crippen LogP contribution < -0.4 is 10.0 Å². The summed E-state index contributed by atoms with van der Waals surface area (Å²) in [7, 11) is -3.11. The second-order valence-electron chi connectivity index (χ2n) is 5.87. The molecule has 18 heavy (non-hydrogen) atoms. The van der Waals surface area contributed by atoms with E-state index in [2.05, 4.69) is 17.0 Å². The van der Waals surface area contributed by atoms with Crippen LogP contribution in [0.25, 0.3) is 0 Å². The summed E-state index contributed by atoms with van der Waals surface area (Å²) in [4.78, 5) is 0. The molecule has 1 saturated carbocycles. The van der Waals surface area contributed by atoms with Crippen molar-refractivity contribution in [2.45, 2.75) is 58.4 Å². The van der Waals surface area contributed by atoms with Crippen molar-refractivity contribution in [1.29, 1.82) is 0 Å². The standard InChI is InChI=1S/C13H28N2O2S/c1-4-9-14-10-5-6-11-18(16,17)15-13(2,3)12-7-8-12/h12,14-15H,4-11H2,1-3H3. The molecule has 0 aromatic rings. The van der Waals surface area contributed by atoms with Gasteiger partial charge in [0, 0.05) is 5.54 Å². The van der Waals surface area contributed by atoms with E-state index in [1.54, 1.807) is 0 Å². The maximum absolute atomic E-state index is 11.9. The van der Waals surface area contributed by atoms with Gasteiger partial charge in [-0.1, -0.05) is 6.92 Å². The molecule has 1 aliphatic carbocycles. The molecule has 0 atom stereocenters. The van der Waals surface area contributed by atoms with Gasteiger partial charge >= 0.3 is 0 Å². The Balaban J connectivity index is 2.19. The lowest BCUT2D eigenvalue weighted by Gasteiger charge is -2.25. The van der Waals surface area contributed by atoms with Gasteiger partial charge in [0.15, 0.2) is 0 Å². The molecule has 0 saturated heterocycles. The van der Waals surface area contributed by atoms with Crippen molar-refractivity contribution in [2.75, 3.05) is 18.8 Å². The largest absolute Gasteiger partial charge is 0.317 e. The van der Waals surface area contributed by atoms with Gasteiger partial charge in [0.25, 0.3) is 0 Å². The summed E-state index contributed by atoms with van der Waals surface area (Å²) in [5.41, 5.74) is -0.265. The maximum Gasteiger partial charge on any atom is 0.212 e. The summed E-state index contributed by atoms with van der Waals surface area (Å²) in [6, 6.07) is 0. The zero-order valence-corrected chi connectivity index (χ0v) is 12.8. The average molecular weight is 276 g/mol. The van der Waals surface area contributed by atoms with Crippen molar-refractivity contribution < 1.29 is 8.42 Å². The van der Waals surface area contributed by atoms with Gasteiger partial charge in [-0.05, 0) is 65.0 Å². The molecule has 4 nitrogen and oxygen atoms in total. The Morgan fingerprint density at radius 3 is 2.39 bits per heavy atom. The molecule has 1 aliphatic rings. The van der Waals surface area contributed by atoms with E-state index < -0.39 is 10.0 Å². The normalized spacial score (nSPS) is 17.1. The van der Waals surface area contributed by atoms with E-state index in [-0.39, 0.29) is 11.3 Å². The highest BCUT2D eigenvalue weighted by molar-refractivity contribution is 7.89. The molecule has 0 unspecified atom stereocenters. The molecule has 0 spiro atoms. The van der Waals surface area contributed by atoms with Crippen molar-refractivity contribution in [3.05, 3.63) is 0 Å². The summed E-state index contributed by atoms with van der Waals surface area (Å²) in [6.07, 6.45) is 5.07. The van der Waals surface area contributed by atoms with Gasteiger partial charge in [-0.25, -0.2) is 13.1 Å². The fourth-order valence-corrected chi connectivity index (χ4v) is 3.84. The number of unbranched alkanes of at least 4 members (excludes halogenated alkanes) is 1. The Morgan fingerprint density at radius 1 is 1.17 bits per heavy atom. The summed E-state index contributed by atoms with van der Waals surface area (Å²) in [6.45, 7) is 8.03. The van der Waals surface area contributed by atoms with Crippen LogP contribution in [0, 0.1) is 5.92 Å². The van der Waals surface area contributed by atoms with Crippen LogP contribution in [0.1, 0.15) is 52.9 Å². The molecule has 0 radical (unpaired) electrons. The molecular weight excluding hydrogens is 248 g/mol. The Hall–Kier alpha value is -0.130. The quantitative estimate of drug-likeness (QED) is 0.599. The highest BCUT2D eigenvalue weighted by atomic mass is 32.2. The molecular formula is C13H28N2O2S. The van der Waals surface area contributed by atoms with Gasteiger partial charge in [-0.2, -0.15) is 0 Å². The molecule has 1 rings (SSSR count). The zero-order chi connectivity index (χ0) is 13.6. The first-order valence-electron chi connectivity index (χ1n) is 7.10. The van der Waals surface area contributed by atoms with Gasteiger partial charge in [-0.3, -0.25) is 0 Å². The Labute approximate surface area is 112 Å². The van der Waals surface area contributed by atoms with Crippen molar-refractivity contribution >= 4 is 10.0 Å². The number of rotatable bonds is 10. The number of hydrogen-bond donors (Lipinski definition) is 2. The third kappa shape index (κ3) is 6.16. The highest BCUT2D eigenvalue weighted by Crippen LogP contribution is 2.39. The average Bonchev–Trinajstić information content (AvgIpc) is 3.05. The molecule has 0 aromatic heterocycles. The van der Waals surface area contributed by atoms with Crippen LogP contribution in [-0.2, 0) is 10.0 Å². The number of nitrogens with one attached hydrogen (secondary N) is 2. The molecule has 1 fully saturated rings. The Kier molecular flexibility index (Phi) is 6.08. The van der Waals surface area contributed by atoms with Crippen molar-refractivity contribution in [3.63, 3.8) is 0 Å². The van der Waals surface area contributed by atoms with E-state index in [0.717, 1.165) is 45.2 Å². The molecule has 108 valence electrons. The summed E-state index contributed by atoms with van der Waals surface area (Å²) in [5, 5.41) is 3.28. The van der Waals surface area contributed by atoms with Gasteiger partial charge in [0.05, 0.1) is 5.75 Å². The summed E-state index contributed by atoms with van der Waals surface area (Å²) in [5.74, 6) is 0.773. The fraction of sp³-hybridized carbons (Fsp3) is 1.00. The molecule has 0 aliphatic heterocycles. The van der Waals surface area contributed by atoms with Crippen LogP contribution in [-0.4, -0.2) is 32.8 Å². The third-order valence-electron chi connectivity index (χ3n) is 3.46. The fourth-order valence-electron chi connectivity index (χ4n) is 2.18. The Bertz CT molecular complexity index is 335. The first-order chi connectivity index (χ1) is 8.37.